The highest BCUT2D eigenvalue weighted by Crippen LogP contribution is 2.25. The largest absolute Gasteiger partial charge is 0.346 e. The number of nitrogens with zero attached hydrogens (tertiary/aromatic N) is 1. The van der Waals surface area contributed by atoms with Crippen LogP contribution >= 0.6 is 0 Å². The summed E-state index contributed by atoms with van der Waals surface area (Å²) in [5, 5.41) is 2.69. The van der Waals surface area contributed by atoms with Gasteiger partial charge >= 0.3 is 0 Å². The van der Waals surface area contributed by atoms with Crippen molar-refractivity contribution in [1.29, 1.82) is 0 Å². The number of allylic oxidation sites excluding steroid dienone is 2. The van der Waals surface area contributed by atoms with Gasteiger partial charge in [0.25, 0.3) is 0 Å². The van der Waals surface area contributed by atoms with Crippen molar-refractivity contribution in [2.24, 2.45) is 0 Å². The third-order valence-corrected chi connectivity index (χ3v) is 3.18. The number of hydrogen-bond donors (Lipinski definition) is 0. The van der Waals surface area contributed by atoms with E-state index in [1.807, 2.05) is 0 Å². The standard InChI is InChI=1S/C14H15N/c1-2-8-14(9-3-1)15-10-12-6-4-5-7-13(12)11-15/h2,4-8,10-11,14H,1,3,9H2. The van der Waals surface area contributed by atoms with Crippen LogP contribution in [0.2, 0.25) is 0 Å². The molecule has 1 aliphatic rings. The highest BCUT2D eigenvalue weighted by atomic mass is 15.0. The van der Waals surface area contributed by atoms with E-state index in [-0.39, 0.29) is 0 Å². The van der Waals surface area contributed by atoms with Crippen LogP contribution < -0.4 is 0 Å². The van der Waals surface area contributed by atoms with Crippen LogP contribution in [0.4, 0.5) is 0 Å². The Hall–Kier alpha value is -1.50. The summed E-state index contributed by atoms with van der Waals surface area (Å²) in [6, 6.07) is 9.13. The van der Waals surface area contributed by atoms with Crippen molar-refractivity contribution in [2.75, 3.05) is 0 Å². The van der Waals surface area contributed by atoms with Crippen LogP contribution in [0.5, 0.6) is 0 Å². The average Bonchev–Trinajstić information content (AvgIpc) is 2.74. The van der Waals surface area contributed by atoms with Crippen molar-refractivity contribution in [3.05, 3.63) is 48.8 Å². The summed E-state index contributed by atoms with van der Waals surface area (Å²) in [5.74, 6) is 0. The molecule has 1 unspecified atom stereocenters. The van der Waals surface area contributed by atoms with Gasteiger partial charge < -0.3 is 4.57 Å². The SMILES string of the molecule is C1=CC(n2cc3ccccc3c2)CCC1. The molecule has 0 radical (unpaired) electrons. The molecule has 1 aromatic carbocycles. The topological polar surface area (TPSA) is 4.93 Å². The third-order valence-electron chi connectivity index (χ3n) is 3.18. The van der Waals surface area contributed by atoms with Gasteiger partial charge in [0.15, 0.2) is 0 Å². The lowest BCUT2D eigenvalue weighted by Crippen LogP contribution is -2.06. The molecule has 1 aromatic heterocycles. The van der Waals surface area contributed by atoms with E-state index in [0.29, 0.717) is 6.04 Å². The van der Waals surface area contributed by atoms with Crippen molar-refractivity contribution >= 4 is 10.8 Å². The van der Waals surface area contributed by atoms with Crippen LogP contribution in [0.25, 0.3) is 10.8 Å². The molecule has 1 nitrogen and oxygen atoms in total. The zero-order valence-corrected chi connectivity index (χ0v) is 8.76. The van der Waals surface area contributed by atoms with Crippen LogP contribution in [0.15, 0.2) is 48.8 Å². The van der Waals surface area contributed by atoms with Gasteiger partial charge in [0.05, 0.1) is 6.04 Å². The Bertz CT molecular complexity index is 460. The maximum absolute atomic E-state index is 2.35. The Kier molecular flexibility index (Phi) is 2.09. The molecule has 0 fully saturated rings. The van der Waals surface area contributed by atoms with Crippen LogP contribution in [0, 0.1) is 0 Å². The van der Waals surface area contributed by atoms with E-state index in [2.05, 4.69) is 53.4 Å². The predicted octanol–water partition coefficient (Wildman–Crippen LogP) is 3.92. The van der Waals surface area contributed by atoms with Gasteiger partial charge in [0, 0.05) is 12.4 Å². The fraction of sp³-hybridized carbons (Fsp3) is 0.286. The van der Waals surface area contributed by atoms with Gasteiger partial charge in [-0.05, 0) is 30.0 Å². The first kappa shape index (κ1) is 8.78. The highest BCUT2D eigenvalue weighted by Gasteiger charge is 2.10. The van der Waals surface area contributed by atoms with E-state index in [1.165, 1.54) is 30.0 Å². The molecular weight excluding hydrogens is 182 g/mol. The van der Waals surface area contributed by atoms with E-state index in [9.17, 15) is 0 Å². The fourth-order valence-corrected chi connectivity index (χ4v) is 2.34. The summed E-state index contributed by atoms with van der Waals surface area (Å²) in [6.07, 6.45) is 13.0. The number of benzene rings is 1. The summed E-state index contributed by atoms with van der Waals surface area (Å²) in [5.41, 5.74) is 0. The first-order chi connectivity index (χ1) is 7.43. The van der Waals surface area contributed by atoms with Crippen LogP contribution in [-0.4, -0.2) is 4.57 Å². The van der Waals surface area contributed by atoms with Crippen molar-refractivity contribution in [3.63, 3.8) is 0 Å². The minimum atomic E-state index is 0.575. The normalized spacial score (nSPS) is 20.9. The molecule has 3 rings (SSSR count). The Morgan fingerprint density at radius 2 is 1.80 bits per heavy atom. The zero-order chi connectivity index (χ0) is 10.1. The minimum absolute atomic E-state index is 0.575. The molecule has 0 saturated heterocycles. The Morgan fingerprint density at radius 1 is 1.07 bits per heavy atom. The van der Waals surface area contributed by atoms with E-state index in [0.717, 1.165) is 0 Å². The van der Waals surface area contributed by atoms with E-state index < -0.39 is 0 Å². The van der Waals surface area contributed by atoms with Crippen LogP contribution in [0.1, 0.15) is 25.3 Å². The van der Waals surface area contributed by atoms with Crippen molar-refractivity contribution < 1.29 is 0 Å². The maximum atomic E-state index is 2.35. The van der Waals surface area contributed by atoms with Crippen LogP contribution in [-0.2, 0) is 0 Å². The molecule has 1 aliphatic carbocycles. The molecule has 1 heterocycles. The van der Waals surface area contributed by atoms with E-state index >= 15 is 0 Å². The second-order valence-corrected chi connectivity index (χ2v) is 4.26. The zero-order valence-electron chi connectivity index (χ0n) is 8.76. The Labute approximate surface area is 90.0 Å². The highest BCUT2D eigenvalue weighted by molar-refractivity contribution is 5.82. The lowest BCUT2D eigenvalue weighted by molar-refractivity contribution is 0.521. The number of rotatable bonds is 1. The van der Waals surface area contributed by atoms with Crippen molar-refractivity contribution in [2.45, 2.75) is 25.3 Å². The second-order valence-electron chi connectivity index (χ2n) is 4.26. The molecule has 0 bridgehead atoms. The lowest BCUT2D eigenvalue weighted by atomic mass is 10.0. The Balaban J connectivity index is 2.03. The molecule has 0 aliphatic heterocycles. The van der Waals surface area contributed by atoms with Gasteiger partial charge in [-0.25, -0.2) is 0 Å². The summed E-state index contributed by atoms with van der Waals surface area (Å²) < 4.78 is 2.35. The molecule has 2 aromatic rings. The van der Waals surface area contributed by atoms with Gasteiger partial charge in [-0.1, -0.05) is 36.4 Å². The molecule has 0 spiro atoms. The van der Waals surface area contributed by atoms with Crippen LogP contribution in [0.3, 0.4) is 0 Å². The maximum Gasteiger partial charge on any atom is 0.0511 e. The number of aromatic nitrogens is 1. The first-order valence-corrected chi connectivity index (χ1v) is 5.66. The molecule has 0 saturated carbocycles. The molecule has 0 amide bonds. The molecular formula is C14H15N. The molecule has 0 N–H and O–H groups in total. The number of hydrogen-bond acceptors (Lipinski definition) is 0. The Morgan fingerprint density at radius 3 is 2.40 bits per heavy atom. The second kappa shape index (κ2) is 3.58. The van der Waals surface area contributed by atoms with E-state index in [4.69, 9.17) is 0 Å². The lowest BCUT2D eigenvalue weighted by Gasteiger charge is -2.17. The van der Waals surface area contributed by atoms with Crippen molar-refractivity contribution in [3.8, 4) is 0 Å². The van der Waals surface area contributed by atoms with Gasteiger partial charge in [0.2, 0.25) is 0 Å². The van der Waals surface area contributed by atoms with Gasteiger partial charge in [-0.15, -0.1) is 0 Å². The third kappa shape index (κ3) is 1.58. The summed E-state index contributed by atoms with van der Waals surface area (Å²) in [6.45, 7) is 0. The van der Waals surface area contributed by atoms with Gasteiger partial charge in [-0.2, -0.15) is 0 Å². The average molecular weight is 197 g/mol. The summed E-state index contributed by atoms with van der Waals surface area (Å²) >= 11 is 0. The van der Waals surface area contributed by atoms with E-state index in [1.54, 1.807) is 0 Å². The summed E-state index contributed by atoms with van der Waals surface area (Å²) in [7, 11) is 0. The smallest absolute Gasteiger partial charge is 0.0511 e. The van der Waals surface area contributed by atoms with Gasteiger partial charge in [0.1, 0.15) is 0 Å². The molecule has 15 heavy (non-hydrogen) atoms. The molecule has 1 heteroatoms. The quantitative estimate of drug-likeness (QED) is 0.610. The minimum Gasteiger partial charge on any atom is -0.346 e. The van der Waals surface area contributed by atoms with Gasteiger partial charge in [-0.3, -0.25) is 0 Å². The number of fused-ring (bicyclic) bond motifs is 1. The first-order valence-electron chi connectivity index (χ1n) is 5.66. The predicted molar refractivity (Wildman–Crippen MR) is 64.0 cm³/mol. The molecule has 1 atom stereocenters. The monoisotopic (exact) mass is 197 g/mol. The van der Waals surface area contributed by atoms with Crippen molar-refractivity contribution in [1.82, 2.24) is 4.57 Å². The fourth-order valence-electron chi connectivity index (χ4n) is 2.34. The molecule has 76 valence electrons. The summed E-state index contributed by atoms with van der Waals surface area (Å²) in [4.78, 5) is 0.